The highest BCUT2D eigenvalue weighted by molar-refractivity contribution is 7.12. The predicted molar refractivity (Wildman–Crippen MR) is 118 cm³/mol. The van der Waals surface area contributed by atoms with Crippen molar-refractivity contribution < 1.29 is 4.79 Å². The molecule has 9 nitrogen and oxygen atoms in total. The van der Waals surface area contributed by atoms with Crippen LogP contribution in [0.3, 0.4) is 0 Å². The van der Waals surface area contributed by atoms with Gasteiger partial charge in [0.05, 0.1) is 10.9 Å². The van der Waals surface area contributed by atoms with E-state index in [4.69, 9.17) is 10.8 Å². The number of nitrogens with zero attached hydrogens (tertiary/aromatic N) is 6. The van der Waals surface area contributed by atoms with Gasteiger partial charge in [-0.15, -0.1) is 11.3 Å². The van der Waals surface area contributed by atoms with Crippen molar-refractivity contribution in [2.45, 2.75) is 19.9 Å². The van der Waals surface area contributed by atoms with Crippen molar-refractivity contribution in [3.05, 3.63) is 42.2 Å². The Balaban J connectivity index is 1.79. The molecule has 5 rings (SSSR count). The summed E-state index contributed by atoms with van der Waals surface area (Å²) in [5.41, 5.74) is 9.40. The number of anilines is 2. The molecule has 0 radical (unpaired) electrons. The molecule has 10 heteroatoms. The van der Waals surface area contributed by atoms with Gasteiger partial charge >= 0.3 is 0 Å². The topological polar surface area (TPSA) is 117 Å². The lowest BCUT2D eigenvalue weighted by atomic mass is 10.1. The van der Waals surface area contributed by atoms with Crippen molar-refractivity contribution in [1.29, 1.82) is 0 Å². The summed E-state index contributed by atoms with van der Waals surface area (Å²) in [6, 6.07) is 8.02. The third-order valence-electron chi connectivity index (χ3n) is 4.90. The molecular weight excluding hydrogens is 400 g/mol. The molecule has 0 bridgehead atoms. The summed E-state index contributed by atoms with van der Waals surface area (Å²) in [7, 11) is 0. The minimum absolute atomic E-state index is 0.113. The fourth-order valence-electron chi connectivity index (χ4n) is 3.60. The highest BCUT2D eigenvalue weighted by Crippen LogP contribution is 2.35. The summed E-state index contributed by atoms with van der Waals surface area (Å²) >= 11 is 1.49. The van der Waals surface area contributed by atoms with Crippen LogP contribution in [-0.4, -0.2) is 35.7 Å². The fourth-order valence-corrected chi connectivity index (χ4v) is 4.27. The van der Waals surface area contributed by atoms with Gasteiger partial charge in [-0.25, -0.2) is 19.6 Å². The molecule has 0 spiro atoms. The molecule has 5 aromatic rings. The van der Waals surface area contributed by atoms with Crippen LogP contribution < -0.4 is 11.1 Å². The van der Waals surface area contributed by atoms with Gasteiger partial charge in [-0.2, -0.15) is 5.10 Å². The SMILES string of the molecule is CC(C)n1nc(-c2ccc3cc(NC=O)n(-c4nccs4)c3c2)c2c(N)ncnc21. The maximum absolute atomic E-state index is 11.1. The number of hydrogen-bond acceptors (Lipinski definition) is 7. The monoisotopic (exact) mass is 418 g/mol. The molecule has 0 aliphatic carbocycles. The Kier molecular flexibility index (Phi) is 4.21. The van der Waals surface area contributed by atoms with Crippen LogP contribution in [0.1, 0.15) is 19.9 Å². The number of carbonyl (C=O) groups is 1. The van der Waals surface area contributed by atoms with Crippen molar-refractivity contribution in [2.75, 3.05) is 11.1 Å². The van der Waals surface area contributed by atoms with Crippen LogP contribution in [0.5, 0.6) is 0 Å². The van der Waals surface area contributed by atoms with E-state index in [1.54, 1.807) is 6.20 Å². The number of hydrogen-bond donors (Lipinski definition) is 2. The Hall–Kier alpha value is -3.79. The lowest BCUT2D eigenvalue weighted by Crippen LogP contribution is -2.04. The standard InChI is InChI=1S/C20H18N8OS/c1-11(2)28-19-16(18(21)23-9-24-19)17(26-28)13-4-3-12-8-15(25-10-29)27(14(12)7-13)20-22-5-6-30-20/h3-11H,1-2H3,(H,25,29)(H2,21,23,24). The molecular formula is C20H18N8OS. The number of nitrogens with one attached hydrogen (secondary N) is 1. The fraction of sp³-hybridized carbons (Fsp3) is 0.150. The molecule has 4 aromatic heterocycles. The number of thiazole rings is 1. The van der Waals surface area contributed by atoms with E-state index in [-0.39, 0.29) is 6.04 Å². The molecule has 150 valence electrons. The molecule has 1 amide bonds. The first-order valence-electron chi connectivity index (χ1n) is 9.33. The summed E-state index contributed by atoms with van der Waals surface area (Å²) in [6.45, 7) is 4.09. The summed E-state index contributed by atoms with van der Waals surface area (Å²) < 4.78 is 3.77. The Morgan fingerprint density at radius 1 is 1.20 bits per heavy atom. The Bertz CT molecular complexity index is 1380. The number of benzene rings is 1. The van der Waals surface area contributed by atoms with Crippen LogP contribution >= 0.6 is 11.3 Å². The molecule has 0 unspecified atom stereocenters. The van der Waals surface area contributed by atoms with Crippen molar-refractivity contribution in [2.24, 2.45) is 0 Å². The van der Waals surface area contributed by atoms with E-state index in [9.17, 15) is 4.79 Å². The van der Waals surface area contributed by atoms with Crippen LogP contribution in [-0.2, 0) is 4.79 Å². The van der Waals surface area contributed by atoms with Crippen LogP contribution in [0.4, 0.5) is 11.6 Å². The first-order chi connectivity index (χ1) is 14.6. The van der Waals surface area contributed by atoms with Gasteiger partial charge in [0, 0.05) is 28.6 Å². The molecule has 0 fully saturated rings. The van der Waals surface area contributed by atoms with E-state index in [0.717, 1.165) is 32.7 Å². The normalized spacial score (nSPS) is 11.6. The number of fused-ring (bicyclic) bond motifs is 2. The van der Waals surface area contributed by atoms with Crippen molar-refractivity contribution in [3.63, 3.8) is 0 Å². The lowest BCUT2D eigenvalue weighted by molar-refractivity contribution is -0.105. The summed E-state index contributed by atoms with van der Waals surface area (Å²) in [6.07, 6.45) is 3.85. The third kappa shape index (κ3) is 2.72. The second-order valence-electron chi connectivity index (χ2n) is 7.06. The van der Waals surface area contributed by atoms with Gasteiger partial charge in [0.15, 0.2) is 10.8 Å². The molecule has 1 aromatic carbocycles. The Morgan fingerprint density at radius 2 is 2.07 bits per heavy atom. The van der Waals surface area contributed by atoms with Crippen LogP contribution in [0.25, 0.3) is 38.3 Å². The van der Waals surface area contributed by atoms with Crippen molar-refractivity contribution in [1.82, 2.24) is 29.3 Å². The number of rotatable bonds is 5. The Morgan fingerprint density at radius 3 is 2.80 bits per heavy atom. The minimum atomic E-state index is 0.113. The number of amides is 1. The van der Waals surface area contributed by atoms with Crippen molar-refractivity contribution >= 4 is 51.3 Å². The number of nitrogens with two attached hydrogens (primary N) is 1. The molecule has 0 atom stereocenters. The summed E-state index contributed by atoms with van der Waals surface area (Å²) in [4.78, 5) is 24.1. The highest BCUT2D eigenvalue weighted by Gasteiger charge is 2.20. The quantitative estimate of drug-likeness (QED) is 0.421. The second kappa shape index (κ2) is 6.92. The zero-order valence-corrected chi connectivity index (χ0v) is 17.1. The van der Waals surface area contributed by atoms with Crippen LogP contribution in [0.2, 0.25) is 0 Å². The molecule has 4 heterocycles. The van der Waals surface area contributed by atoms with Crippen LogP contribution in [0, 0.1) is 0 Å². The molecule has 3 N–H and O–H groups in total. The first-order valence-corrected chi connectivity index (χ1v) is 10.2. The predicted octanol–water partition coefficient (Wildman–Crippen LogP) is 3.63. The smallest absolute Gasteiger partial charge is 0.212 e. The maximum Gasteiger partial charge on any atom is 0.212 e. The van der Waals surface area contributed by atoms with Gasteiger partial charge in [0.25, 0.3) is 0 Å². The van der Waals surface area contributed by atoms with Crippen LogP contribution in [0.15, 0.2) is 42.2 Å². The number of carbonyl (C=O) groups excluding carboxylic acids is 1. The molecule has 0 aliphatic rings. The van der Waals surface area contributed by atoms with Gasteiger partial charge in [-0.1, -0.05) is 12.1 Å². The minimum Gasteiger partial charge on any atom is -0.383 e. The summed E-state index contributed by atoms with van der Waals surface area (Å²) in [5, 5.41) is 11.9. The lowest BCUT2D eigenvalue weighted by Gasteiger charge is -2.07. The largest absolute Gasteiger partial charge is 0.383 e. The average molecular weight is 418 g/mol. The van der Waals surface area contributed by atoms with Gasteiger partial charge in [0.1, 0.15) is 23.7 Å². The highest BCUT2D eigenvalue weighted by atomic mass is 32.1. The van der Waals surface area contributed by atoms with E-state index in [0.29, 0.717) is 23.7 Å². The molecule has 0 saturated heterocycles. The van der Waals surface area contributed by atoms with Crippen molar-refractivity contribution in [3.8, 4) is 16.4 Å². The number of aromatic nitrogens is 6. The zero-order chi connectivity index (χ0) is 20.8. The van der Waals surface area contributed by atoms with E-state index >= 15 is 0 Å². The molecule has 0 saturated carbocycles. The Labute approximate surface area is 175 Å². The second-order valence-corrected chi connectivity index (χ2v) is 7.93. The van der Waals surface area contributed by atoms with Gasteiger partial charge in [-0.05, 0) is 26.0 Å². The average Bonchev–Trinajstić information content (AvgIpc) is 3.44. The van der Waals surface area contributed by atoms with Gasteiger partial charge < -0.3 is 11.1 Å². The van der Waals surface area contributed by atoms with Gasteiger partial charge in [0.2, 0.25) is 6.41 Å². The molecule has 30 heavy (non-hydrogen) atoms. The maximum atomic E-state index is 11.1. The van der Waals surface area contributed by atoms with Gasteiger partial charge in [-0.3, -0.25) is 9.36 Å². The van der Waals surface area contributed by atoms with E-state index in [1.165, 1.54) is 17.7 Å². The third-order valence-corrected chi connectivity index (χ3v) is 5.66. The first kappa shape index (κ1) is 18.3. The molecule has 0 aliphatic heterocycles. The van der Waals surface area contributed by atoms with E-state index in [2.05, 4.69) is 20.3 Å². The number of nitrogen functional groups attached to an aromatic ring is 1. The zero-order valence-electron chi connectivity index (χ0n) is 16.3. The van der Waals surface area contributed by atoms with E-state index < -0.39 is 0 Å². The summed E-state index contributed by atoms with van der Waals surface area (Å²) in [5.74, 6) is 1.04. The van der Waals surface area contributed by atoms with E-state index in [1.807, 2.05) is 52.7 Å².